The van der Waals surface area contributed by atoms with Crippen molar-refractivity contribution in [3.8, 4) is 0 Å². The van der Waals surface area contributed by atoms with Crippen LogP contribution in [0.3, 0.4) is 0 Å². The lowest BCUT2D eigenvalue weighted by atomic mass is 9.47. The second-order valence-corrected chi connectivity index (χ2v) is 8.60. The van der Waals surface area contributed by atoms with Crippen LogP contribution in [0.1, 0.15) is 48.9 Å². The molecule has 1 aromatic carbocycles. The molecule has 2 N–H and O–H groups in total. The SMILES string of the molecule is COC(=O)C12C[C@@H]3C[C@@H](CC(NC(=O)c4ccc5nc[nH]c5c4)(C3)C1)C2. The van der Waals surface area contributed by atoms with Crippen LogP contribution < -0.4 is 5.32 Å². The Balaban J connectivity index is 1.44. The molecule has 6 rings (SSSR count). The van der Waals surface area contributed by atoms with Crippen LogP contribution in [-0.2, 0) is 9.53 Å². The van der Waals surface area contributed by atoms with E-state index >= 15 is 0 Å². The van der Waals surface area contributed by atoms with Crippen LogP contribution in [0.2, 0.25) is 0 Å². The van der Waals surface area contributed by atoms with E-state index in [1.54, 1.807) is 6.33 Å². The lowest BCUT2D eigenvalue weighted by Gasteiger charge is -2.60. The smallest absolute Gasteiger partial charge is 0.311 e. The largest absolute Gasteiger partial charge is 0.469 e. The van der Waals surface area contributed by atoms with Crippen LogP contribution >= 0.6 is 0 Å². The molecule has 4 aliphatic carbocycles. The number of hydrogen-bond donors (Lipinski definition) is 2. The van der Waals surface area contributed by atoms with Gasteiger partial charge in [-0.2, -0.15) is 0 Å². The van der Waals surface area contributed by atoms with Crippen molar-refractivity contribution in [2.75, 3.05) is 7.11 Å². The van der Waals surface area contributed by atoms with Crippen molar-refractivity contribution in [2.24, 2.45) is 17.3 Å². The highest BCUT2D eigenvalue weighted by Crippen LogP contribution is 2.62. The number of carbonyl (C=O) groups excluding carboxylic acids is 2. The Bertz CT molecular complexity index is 889. The zero-order valence-electron chi connectivity index (χ0n) is 14.9. The summed E-state index contributed by atoms with van der Waals surface area (Å²) in [7, 11) is 1.48. The molecule has 1 heterocycles. The Hall–Kier alpha value is -2.37. The number of nitrogens with one attached hydrogen (secondary N) is 2. The van der Waals surface area contributed by atoms with E-state index in [2.05, 4.69) is 15.3 Å². The van der Waals surface area contributed by atoms with Crippen LogP contribution in [0, 0.1) is 17.3 Å². The maximum Gasteiger partial charge on any atom is 0.311 e. The molecule has 1 amide bonds. The summed E-state index contributed by atoms with van der Waals surface area (Å²) in [6, 6.07) is 5.51. The number of amides is 1. The summed E-state index contributed by atoms with van der Waals surface area (Å²) >= 11 is 0. The van der Waals surface area contributed by atoms with E-state index in [4.69, 9.17) is 4.74 Å². The van der Waals surface area contributed by atoms with E-state index in [0.29, 0.717) is 23.8 Å². The standard InChI is InChI=1S/C20H23N3O3/c1-26-18(25)19-6-12-4-13(7-19)9-20(8-12,10-19)23-17(24)14-2-3-15-16(5-14)22-11-21-15/h2-3,5,11-13H,4,6-10H2,1H3,(H,21,22)(H,23,24)/t12-,13+,19?,20?. The Kier molecular flexibility index (Phi) is 3.24. The molecule has 4 atom stereocenters. The maximum absolute atomic E-state index is 13.0. The molecule has 0 spiro atoms. The predicted molar refractivity (Wildman–Crippen MR) is 95.4 cm³/mol. The molecule has 136 valence electrons. The van der Waals surface area contributed by atoms with Crippen molar-refractivity contribution >= 4 is 22.9 Å². The zero-order chi connectivity index (χ0) is 17.9. The third-order valence-electron chi connectivity index (χ3n) is 6.74. The summed E-state index contributed by atoms with van der Waals surface area (Å²) in [5.74, 6) is 0.851. The van der Waals surface area contributed by atoms with Crippen molar-refractivity contribution in [1.82, 2.24) is 15.3 Å². The van der Waals surface area contributed by atoms with Gasteiger partial charge in [0.25, 0.3) is 5.91 Å². The Labute approximate surface area is 151 Å². The minimum atomic E-state index is -0.403. The molecule has 0 aliphatic heterocycles. The van der Waals surface area contributed by atoms with Gasteiger partial charge in [0.05, 0.1) is 29.9 Å². The molecule has 4 bridgehead atoms. The van der Waals surface area contributed by atoms with Crippen LogP contribution in [0.4, 0.5) is 0 Å². The topological polar surface area (TPSA) is 84.1 Å². The Morgan fingerprint density at radius 2 is 2.00 bits per heavy atom. The first-order valence-electron chi connectivity index (χ1n) is 9.35. The molecule has 4 aliphatic rings. The van der Waals surface area contributed by atoms with Gasteiger partial charge in [-0.25, -0.2) is 4.98 Å². The molecule has 6 heteroatoms. The van der Waals surface area contributed by atoms with Crippen LogP contribution in [0.15, 0.2) is 24.5 Å². The molecule has 2 unspecified atom stereocenters. The summed E-state index contributed by atoms with van der Waals surface area (Å²) in [6.45, 7) is 0. The lowest BCUT2D eigenvalue weighted by molar-refractivity contribution is -0.171. The fraction of sp³-hybridized carbons (Fsp3) is 0.550. The van der Waals surface area contributed by atoms with E-state index < -0.39 is 5.41 Å². The third-order valence-corrected chi connectivity index (χ3v) is 6.74. The fourth-order valence-corrected chi connectivity index (χ4v) is 6.25. The number of hydrogen-bond acceptors (Lipinski definition) is 4. The predicted octanol–water partition coefficient (Wildman–Crippen LogP) is 2.80. The minimum Gasteiger partial charge on any atom is -0.469 e. The Morgan fingerprint density at radius 3 is 2.73 bits per heavy atom. The first-order chi connectivity index (χ1) is 12.5. The zero-order valence-corrected chi connectivity index (χ0v) is 14.9. The number of benzene rings is 1. The Morgan fingerprint density at radius 1 is 1.23 bits per heavy atom. The van der Waals surface area contributed by atoms with Crippen LogP contribution in [-0.4, -0.2) is 34.5 Å². The first-order valence-corrected chi connectivity index (χ1v) is 9.35. The van der Waals surface area contributed by atoms with Crippen LogP contribution in [0.25, 0.3) is 11.0 Å². The molecule has 2 aromatic rings. The molecule has 6 nitrogen and oxygen atoms in total. The monoisotopic (exact) mass is 353 g/mol. The molecule has 4 fully saturated rings. The quantitative estimate of drug-likeness (QED) is 0.831. The van der Waals surface area contributed by atoms with Gasteiger partial charge in [-0.3, -0.25) is 9.59 Å². The van der Waals surface area contributed by atoms with Gasteiger partial charge in [0.1, 0.15) is 0 Å². The number of nitrogens with zero attached hydrogens (tertiary/aromatic N) is 1. The lowest BCUT2D eigenvalue weighted by Crippen LogP contribution is -2.64. The van der Waals surface area contributed by atoms with E-state index in [-0.39, 0.29) is 17.4 Å². The number of methoxy groups -OCH3 is 1. The molecular weight excluding hydrogens is 330 g/mol. The highest BCUT2D eigenvalue weighted by atomic mass is 16.5. The van der Waals surface area contributed by atoms with Crippen molar-refractivity contribution < 1.29 is 14.3 Å². The fourth-order valence-electron chi connectivity index (χ4n) is 6.25. The van der Waals surface area contributed by atoms with E-state index in [0.717, 1.165) is 36.7 Å². The first kappa shape index (κ1) is 15.9. The summed E-state index contributed by atoms with van der Waals surface area (Å²) in [5.41, 5.74) is 1.65. The average Bonchev–Trinajstić information content (AvgIpc) is 3.07. The normalized spacial score (nSPS) is 34.8. The van der Waals surface area contributed by atoms with E-state index in [9.17, 15) is 9.59 Å². The number of esters is 1. The van der Waals surface area contributed by atoms with Crippen molar-refractivity contribution in [3.63, 3.8) is 0 Å². The number of aromatic amines is 1. The number of ether oxygens (including phenoxy) is 1. The average molecular weight is 353 g/mol. The van der Waals surface area contributed by atoms with Gasteiger partial charge >= 0.3 is 5.97 Å². The van der Waals surface area contributed by atoms with Gasteiger partial charge in [-0.1, -0.05) is 0 Å². The van der Waals surface area contributed by atoms with Gasteiger partial charge in [0.15, 0.2) is 0 Å². The third kappa shape index (κ3) is 2.27. The second kappa shape index (κ2) is 5.32. The van der Waals surface area contributed by atoms with E-state index in [1.807, 2.05) is 18.2 Å². The highest BCUT2D eigenvalue weighted by molar-refractivity contribution is 5.97. The molecular formula is C20H23N3O3. The summed E-state index contributed by atoms with van der Waals surface area (Å²) < 4.78 is 5.15. The number of aromatic nitrogens is 2. The molecule has 26 heavy (non-hydrogen) atoms. The summed E-state index contributed by atoms with van der Waals surface area (Å²) in [4.78, 5) is 32.8. The molecule has 0 saturated heterocycles. The van der Waals surface area contributed by atoms with Crippen molar-refractivity contribution in [1.29, 1.82) is 0 Å². The van der Waals surface area contributed by atoms with Gasteiger partial charge in [0, 0.05) is 11.1 Å². The minimum absolute atomic E-state index is 0.0662. The van der Waals surface area contributed by atoms with Crippen molar-refractivity contribution in [2.45, 2.75) is 44.1 Å². The number of rotatable bonds is 3. The van der Waals surface area contributed by atoms with Gasteiger partial charge < -0.3 is 15.0 Å². The molecule has 1 aromatic heterocycles. The van der Waals surface area contributed by atoms with Crippen molar-refractivity contribution in [3.05, 3.63) is 30.1 Å². The number of H-pyrrole nitrogens is 1. The number of carbonyl (C=O) groups is 2. The maximum atomic E-state index is 13.0. The van der Waals surface area contributed by atoms with Crippen LogP contribution in [0.5, 0.6) is 0 Å². The number of fused-ring (bicyclic) bond motifs is 1. The summed E-state index contributed by atoms with van der Waals surface area (Å²) in [5, 5.41) is 3.32. The highest BCUT2D eigenvalue weighted by Gasteiger charge is 2.61. The molecule has 4 saturated carbocycles. The van der Waals surface area contributed by atoms with E-state index in [1.165, 1.54) is 13.5 Å². The molecule has 0 radical (unpaired) electrons. The van der Waals surface area contributed by atoms with Gasteiger partial charge in [-0.05, 0) is 68.6 Å². The van der Waals surface area contributed by atoms with Gasteiger partial charge in [0.2, 0.25) is 0 Å². The second-order valence-electron chi connectivity index (χ2n) is 8.60. The van der Waals surface area contributed by atoms with Gasteiger partial charge in [-0.15, -0.1) is 0 Å². The summed E-state index contributed by atoms with van der Waals surface area (Å²) in [6.07, 6.45) is 7.28. The number of imidazole rings is 1.